The molecular formula is C11H12Cl2N2S. The third kappa shape index (κ3) is 2.33. The predicted molar refractivity (Wildman–Crippen MR) is 72.2 cm³/mol. The molecule has 0 amide bonds. The highest BCUT2D eigenvalue weighted by atomic mass is 35.5. The van der Waals surface area contributed by atoms with E-state index >= 15 is 0 Å². The molecule has 5 heteroatoms. The SMILES string of the molecule is CC1(C)NC(c2cc(Cl)cc(Cl)c2)NC1=S. The molecule has 2 N–H and O–H groups in total. The van der Waals surface area contributed by atoms with Gasteiger partial charge in [0.1, 0.15) is 6.17 Å². The van der Waals surface area contributed by atoms with Gasteiger partial charge in [-0.15, -0.1) is 0 Å². The fourth-order valence-corrected chi connectivity index (χ4v) is 2.40. The first-order valence-electron chi connectivity index (χ1n) is 4.93. The molecule has 1 aliphatic rings. The number of nitrogens with one attached hydrogen (secondary N) is 2. The Hall–Kier alpha value is -0.350. The maximum atomic E-state index is 5.96. The lowest BCUT2D eigenvalue weighted by Gasteiger charge is -2.18. The maximum absolute atomic E-state index is 5.96. The molecule has 1 heterocycles. The quantitative estimate of drug-likeness (QED) is 0.769. The average molecular weight is 275 g/mol. The zero-order valence-corrected chi connectivity index (χ0v) is 11.3. The van der Waals surface area contributed by atoms with E-state index in [2.05, 4.69) is 10.6 Å². The van der Waals surface area contributed by atoms with Gasteiger partial charge in [-0.3, -0.25) is 5.32 Å². The van der Waals surface area contributed by atoms with E-state index in [1.54, 1.807) is 6.07 Å². The van der Waals surface area contributed by atoms with Crippen LogP contribution in [0.2, 0.25) is 10.0 Å². The Morgan fingerprint density at radius 3 is 2.19 bits per heavy atom. The van der Waals surface area contributed by atoms with Gasteiger partial charge in [-0.25, -0.2) is 0 Å². The molecule has 0 radical (unpaired) electrons. The molecule has 1 aromatic rings. The molecule has 1 fully saturated rings. The minimum absolute atomic E-state index is 0.0290. The second-order valence-electron chi connectivity index (χ2n) is 4.38. The van der Waals surface area contributed by atoms with Crippen LogP contribution in [0.4, 0.5) is 0 Å². The van der Waals surface area contributed by atoms with Crippen LogP contribution < -0.4 is 10.6 Å². The molecule has 1 atom stereocenters. The number of hydrogen-bond donors (Lipinski definition) is 2. The highest BCUT2D eigenvalue weighted by molar-refractivity contribution is 7.80. The molecule has 1 aromatic carbocycles. The number of benzene rings is 1. The second kappa shape index (κ2) is 4.15. The van der Waals surface area contributed by atoms with Gasteiger partial charge in [0, 0.05) is 10.0 Å². The lowest BCUT2D eigenvalue weighted by molar-refractivity contribution is 0.474. The maximum Gasteiger partial charge on any atom is 0.104 e. The summed E-state index contributed by atoms with van der Waals surface area (Å²) in [5, 5.41) is 7.85. The topological polar surface area (TPSA) is 24.1 Å². The van der Waals surface area contributed by atoms with Crippen LogP contribution in [-0.2, 0) is 0 Å². The van der Waals surface area contributed by atoms with Crippen molar-refractivity contribution in [1.82, 2.24) is 10.6 Å². The number of thiocarbonyl (C=S) groups is 1. The van der Waals surface area contributed by atoms with E-state index in [9.17, 15) is 0 Å². The molecule has 2 nitrogen and oxygen atoms in total. The number of halogens is 2. The smallest absolute Gasteiger partial charge is 0.104 e. The molecule has 0 saturated carbocycles. The molecular weight excluding hydrogens is 263 g/mol. The third-order valence-corrected chi connectivity index (χ3v) is 3.63. The molecule has 1 aliphatic heterocycles. The van der Waals surface area contributed by atoms with Gasteiger partial charge < -0.3 is 5.32 Å². The van der Waals surface area contributed by atoms with Crippen molar-refractivity contribution < 1.29 is 0 Å². The van der Waals surface area contributed by atoms with E-state index in [0.29, 0.717) is 10.0 Å². The van der Waals surface area contributed by atoms with Crippen LogP contribution in [0.5, 0.6) is 0 Å². The van der Waals surface area contributed by atoms with Crippen LogP contribution in [0.15, 0.2) is 18.2 Å². The van der Waals surface area contributed by atoms with Crippen LogP contribution in [0.25, 0.3) is 0 Å². The van der Waals surface area contributed by atoms with Crippen molar-refractivity contribution in [3.8, 4) is 0 Å². The first kappa shape index (κ1) is 12.1. The fourth-order valence-electron chi connectivity index (χ4n) is 1.68. The summed E-state index contributed by atoms with van der Waals surface area (Å²) < 4.78 is 0. The molecule has 0 aromatic heterocycles. The summed E-state index contributed by atoms with van der Waals surface area (Å²) >= 11 is 17.2. The third-order valence-electron chi connectivity index (χ3n) is 2.57. The predicted octanol–water partition coefficient (Wildman–Crippen LogP) is 3.29. The monoisotopic (exact) mass is 274 g/mol. The molecule has 0 bridgehead atoms. The molecule has 2 rings (SSSR count). The standard InChI is InChI=1S/C11H12Cl2N2S/c1-11(2)10(16)14-9(15-11)6-3-7(12)5-8(13)4-6/h3-5,9,15H,1-2H3,(H,14,16). The van der Waals surface area contributed by atoms with Gasteiger partial charge in [-0.05, 0) is 37.6 Å². The van der Waals surface area contributed by atoms with Gasteiger partial charge in [0.15, 0.2) is 0 Å². The van der Waals surface area contributed by atoms with Gasteiger partial charge >= 0.3 is 0 Å². The zero-order valence-electron chi connectivity index (χ0n) is 8.97. The first-order chi connectivity index (χ1) is 7.38. The molecule has 1 unspecified atom stereocenters. The van der Waals surface area contributed by atoms with Crippen molar-refractivity contribution in [2.45, 2.75) is 25.6 Å². The van der Waals surface area contributed by atoms with Gasteiger partial charge in [0.25, 0.3) is 0 Å². The van der Waals surface area contributed by atoms with Gasteiger partial charge in [0.2, 0.25) is 0 Å². The summed E-state index contributed by atoms with van der Waals surface area (Å²) in [6.45, 7) is 4.07. The van der Waals surface area contributed by atoms with Crippen LogP contribution in [-0.4, -0.2) is 10.5 Å². The Kier molecular flexibility index (Phi) is 3.14. The van der Waals surface area contributed by atoms with Gasteiger partial charge in [-0.1, -0.05) is 35.4 Å². The van der Waals surface area contributed by atoms with E-state index in [1.165, 1.54) is 0 Å². The van der Waals surface area contributed by atoms with Crippen LogP contribution in [0, 0.1) is 0 Å². The summed E-state index contributed by atoms with van der Waals surface area (Å²) in [5.74, 6) is 0. The van der Waals surface area contributed by atoms with Crippen molar-refractivity contribution in [2.75, 3.05) is 0 Å². The van der Waals surface area contributed by atoms with Gasteiger partial charge in [-0.2, -0.15) is 0 Å². The first-order valence-corrected chi connectivity index (χ1v) is 6.09. The molecule has 1 saturated heterocycles. The Labute approximate surface area is 110 Å². The Morgan fingerprint density at radius 2 is 1.75 bits per heavy atom. The van der Waals surface area contributed by atoms with Crippen molar-refractivity contribution >= 4 is 40.4 Å². The Bertz CT molecular complexity index is 425. The van der Waals surface area contributed by atoms with Crippen LogP contribution >= 0.6 is 35.4 Å². The second-order valence-corrected chi connectivity index (χ2v) is 5.66. The van der Waals surface area contributed by atoms with Crippen LogP contribution in [0.1, 0.15) is 25.6 Å². The minimum Gasteiger partial charge on any atom is -0.359 e. The van der Waals surface area contributed by atoms with Crippen molar-refractivity contribution in [1.29, 1.82) is 0 Å². The summed E-state index contributed by atoms with van der Waals surface area (Å²) in [6, 6.07) is 5.47. The minimum atomic E-state index is -0.200. The van der Waals surface area contributed by atoms with Crippen molar-refractivity contribution in [3.63, 3.8) is 0 Å². The van der Waals surface area contributed by atoms with E-state index < -0.39 is 0 Å². The molecule has 16 heavy (non-hydrogen) atoms. The van der Waals surface area contributed by atoms with Crippen molar-refractivity contribution in [3.05, 3.63) is 33.8 Å². The van der Waals surface area contributed by atoms with E-state index in [4.69, 9.17) is 35.4 Å². The number of rotatable bonds is 1. The van der Waals surface area contributed by atoms with E-state index in [1.807, 2.05) is 26.0 Å². The Morgan fingerprint density at radius 1 is 1.19 bits per heavy atom. The average Bonchev–Trinajstić information content (AvgIpc) is 2.40. The fraction of sp³-hybridized carbons (Fsp3) is 0.364. The largest absolute Gasteiger partial charge is 0.359 e. The summed E-state index contributed by atoms with van der Waals surface area (Å²) in [4.78, 5) is 0.800. The molecule has 86 valence electrons. The van der Waals surface area contributed by atoms with E-state index in [0.717, 1.165) is 10.6 Å². The Balaban J connectivity index is 2.30. The van der Waals surface area contributed by atoms with Crippen LogP contribution in [0.3, 0.4) is 0 Å². The summed E-state index contributed by atoms with van der Waals surface area (Å²) in [7, 11) is 0. The lowest BCUT2D eigenvalue weighted by atomic mass is 10.1. The highest BCUT2D eigenvalue weighted by Crippen LogP contribution is 2.27. The van der Waals surface area contributed by atoms with Crippen molar-refractivity contribution in [2.24, 2.45) is 0 Å². The normalized spacial score (nSPS) is 23.2. The molecule has 0 aliphatic carbocycles. The van der Waals surface area contributed by atoms with E-state index in [-0.39, 0.29) is 11.7 Å². The zero-order chi connectivity index (χ0) is 11.9. The lowest BCUT2D eigenvalue weighted by Crippen LogP contribution is -2.38. The van der Waals surface area contributed by atoms with Gasteiger partial charge in [0.05, 0.1) is 10.5 Å². The number of hydrogen-bond acceptors (Lipinski definition) is 2. The summed E-state index contributed by atoms with van der Waals surface area (Å²) in [5.41, 5.74) is 0.792. The molecule has 0 spiro atoms. The highest BCUT2D eigenvalue weighted by Gasteiger charge is 2.35. The summed E-state index contributed by atoms with van der Waals surface area (Å²) in [6.07, 6.45) is -0.0290.